The lowest BCUT2D eigenvalue weighted by Gasteiger charge is -2.31. The molecular weight excluding hydrogens is 168 g/mol. The molecule has 4 nitrogen and oxygen atoms in total. The normalized spacial score (nSPS) is 25.9. The molecule has 0 radical (unpaired) electrons. The molecule has 1 rings (SSSR count). The fourth-order valence-electron chi connectivity index (χ4n) is 1.45. The molecular formula is C9H16N2O2. The Bertz CT molecular complexity index is 228. The van der Waals surface area contributed by atoms with E-state index in [4.69, 9.17) is 0 Å². The average molecular weight is 184 g/mol. The van der Waals surface area contributed by atoms with Crippen molar-refractivity contribution in [1.29, 1.82) is 0 Å². The van der Waals surface area contributed by atoms with E-state index in [1.165, 1.54) is 0 Å². The molecule has 0 spiro atoms. The van der Waals surface area contributed by atoms with Crippen molar-refractivity contribution in [2.75, 3.05) is 20.6 Å². The maximum Gasteiger partial charge on any atom is 0.223 e. The van der Waals surface area contributed by atoms with Gasteiger partial charge in [-0.1, -0.05) is 0 Å². The SMILES string of the molecule is CC1CN(C)C(=O)CCC(=O)N1C. The second kappa shape index (κ2) is 3.77. The predicted molar refractivity (Wildman–Crippen MR) is 49.1 cm³/mol. The third-order valence-corrected chi connectivity index (χ3v) is 2.57. The van der Waals surface area contributed by atoms with E-state index in [1.54, 1.807) is 23.9 Å². The average Bonchev–Trinajstić information content (AvgIpc) is 2.10. The van der Waals surface area contributed by atoms with E-state index in [-0.39, 0.29) is 17.9 Å². The van der Waals surface area contributed by atoms with Gasteiger partial charge in [0.1, 0.15) is 0 Å². The van der Waals surface area contributed by atoms with E-state index >= 15 is 0 Å². The van der Waals surface area contributed by atoms with E-state index in [0.717, 1.165) is 0 Å². The van der Waals surface area contributed by atoms with Gasteiger partial charge in [-0.2, -0.15) is 0 Å². The molecule has 1 unspecified atom stereocenters. The summed E-state index contributed by atoms with van der Waals surface area (Å²) in [6.07, 6.45) is 0.677. The van der Waals surface area contributed by atoms with Crippen molar-refractivity contribution in [3.8, 4) is 0 Å². The lowest BCUT2D eigenvalue weighted by Crippen LogP contribution is -2.46. The van der Waals surface area contributed by atoms with Gasteiger partial charge in [-0.15, -0.1) is 0 Å². The van der Waals surface area contributed by atoms with Crippen LogP contribution in [0.4, 0.5) is 0 Å². The summed E-state index contributed by atoms with van der Waals surface area (Å²) in [5, 5.41) is 0. The minimum absolute atomic E-state index is 0.0632. The Balaban J connectivity index is 2.70. The van der Waals surface area contributed by atoms with Gasteiger partial charge in [0.05, 0.1) is 0 Å². The molecule has 0 saturated carbocycles. The Morgan fingerprint density at radius 1 is 1.15 bits per heavy atom. The maximum atomic E-state index is 11.4. The van der Waals surface area contributed by atoms with Gasteiger partial charge in [0.25, 0.3) is 0 Å². The number of carbonyl (C=O) groups is 2. The first-order valence-corrected chi connectivity index (χ1v) is 4.52. The summed E-state index contributed by atoms with van der Waals surface area (Å²) in [4.78, 5) is 26.1. The molecule has 0 aliphatic carbocycles. The minimum Gasteiger partial charge on any atom is -0.344 e. The van der Waals surface area contributed by atoms with Crippen molar-refractivity contribution >= 4 is 11.8 Å². The van der Waals surface area contributed by atoms with Gasteiger partial charge < -0.3 is 9.80 Å². The van der Waals surface area contributed by atoms with Crippen LogP contribution in [0.5, 0.6) is 0 Å². The Kier molecular flexibility index (Phi) is 2.90. The van der Waals surface area contributed by atoms with Crippen LogP contribution in [-0.4, -0.2) is 48.3 Å². The number of hydrogen-bond donors (Lipinski definition) is 0. The van der Waals surface area contributed by atoms with E-state index in [2.05, 4.69) is 0 Å². The zero-order chi connectivity index (χ0) is 10.0. The van der Waals surface area contributed by atoms with Crippen LogP contribution in [0.25, 0.3) is 0 Å². The maximum absolute atomic E-state index is 11.4. The standard InChI is InChI=1S/C9H16N2O2/c1-7-6-10(2)8(12)4-5-9(13)11(7)3/h7H,4-6H2,1-3H3. The van der Waals surface area contributed by atoms with Crippen LogP contribution < -0.4 is 0 Å². The van der Waals surface area contributed by atoms with Gasteiger partial charge in [-0.3, -0.25) is 9.59 Å². The number of rotatable bonds is 0. The molecule has 0 aromatic heterocycles. The van der Waals surface area contributed by atoms with Gasteiger partial charge in [0, 0.05) is 39.5 Å². The quantitative estimate of drug-likeness (QED) is 0.535. The second-order valence-corrected chi connectivity index (χ2v) is 3.63. The topological polar surface area (TPSA) is 40.6 Å². The molecule has 0 aromatic rings. The smallest absolute Gasteiger partial charge is 0.223 e. The van der Waals surface area contributed by atoms with Gasteiger partial charge in [-0.05, 0) is 6.92 Å². The van der Waals surface area contributed by atoms with Crippen molar-refractivity contribution in [1.82, 2.24) is 9.80 Å². The van der Waals surface area contributed by atoms with E-state index in [0.29, 0.717) is 19.4 Å². The fourth-order valence-corrected chi connectivity index (χ4v) is 1.45. The third-order valence-electron chi connectivity index (χ3n) is 2.57. The molecule has 0 aromatic carbocycles. The summed E-state index contributed by atoms with van der Waals surface area (Å²) in [5.74, 6) is 0.127. The molecule has 74 valence electrons. The summed E-state index contributed by atoms with van der Waals surface area (Å²) in [6, 6.07) is 0.113. The van der Waals surface area contributed by atoms with Crippen molar-refractivity contribution < 1.29 is 9.59 Å². The first-order chi connectivity index (χ1) is 6.02. The summed E-state index contributed by atoms with van der Waals surface area (Å²) >= 11 is 0. The van der Waals surface area contributed by atoms with Crippen LogP contribution in [-0.2, 0) is 9.59 Å². The van der Waals surface area contributed by atoms with Crippen LogP contribution in [0, 0.1) is 0 Å². The largest absolute Gasteiger partial charge is 0.344 e. The molecule has 1 saturated heterocycles. The molecule has 2 amide bonds. The number of carbonyl (C=O) groups excluding carboxylic acids is 2. The summed E-state index contributed by atoms with van der Waals surface area (Å²) < 4.78 is 0. The first-order valence-electron chi connectivity index (χ1n) is 4.52. The molecule has 0 bridgehead atoms. The number of nitrogens with zero attached hydrogens (tertiary/aromatic N) is 2. The fraction of sp³-hybridized carbons (Fsp3) is 0.778. The van der Waals surface area contributed by atoms with Gasteiger partial charge >= 0.3 is 0 Å². The van der Waals surface area contributed by atoms with E-state index in [9.17, 15) is 9.59 Å². The third kappa shape index (κ3) is 2.20. The monoisotopic (exact) mass is 184 g/mol. The molecule has 4 heteroatoms. The van der Waals surface area contributed by atoms with Crippen molar-refractivity contribution in [3.63, 3.8) is 0 Å². The first kappa shape index (κ1) is 10.0. The number of amides is 2. The molecule has 1 aliphatic rings. The van der Waals surface area contributed by atoms with Crippen molar-refractivity contribution in [2.24, 2.45) is 0 Å². The highest BCUT2D eigenvalue weighted by molar-refractivity contribution is 5.84. The second-order valence-electron chi connectivity index (χ2n) is 3.63. The molecule has 1 heterocycles. The molecule has 1 fully saturated rings. The summed E-state index contributed by atoms with van der Waals surface area (Å²) in [7, 11) is 3.57. The lowest BCUT2D eigenvalue weighted by atomic mass is 10.1. The van der Waals surface area contributed by atoms with Crippen molar-refractivity contribution in [2.45, 2.75) is 25.8 Å². The highest BCUT2D eigenvalue weighted by Crippen LogP contribution is 2.08. The zero-order valence-corrected chi connectivity index (χ0v) is 8.41. The van der Waals surface area contributed by atoms with Gasteiger partial charge in [0.2, 0.25) is 11.8 Å². The van der Waals surface area contributed by atoms with Crippen molar-refractivity contribution in [3.05, 3.63) is 0 Å². The summed E-state index contributed by atoms with van der Waals surface area (Å²) in [5.41, 5.74) is 0. The lowest BCUT2D eigenvalue weighted by molar-refractivity contribution is -0.140. The molecule has 0 N–H and O–H groups in total. The van der Waals surface area contributed by atoms with E-state index in [1.807, 2.05) is 6.92 Å². The Labute approximate surface area is 78.5 Å². The summed E-state index contributed by atoms with van der Waals surface area (Å²) in [6.45, 7) is 2.58. The number of likely N-dealkylation sites (N-methyl/N-ethyl adjacent to an activating group) is 2. The van der Waals surface area contributed by atoms with E-state index < -0.39 is 0 Å². The molecule has 1 atom stereocenters. The molecule has 13 heavy (non-hydrogen) atoms. The highest BCUT2D eigenvalue weighted by Gasteiger charge is 2.23. The van der Waals surface area contributed by atoms with Crippen LogP contribution in [0.3, 0.4) is 0 Å². The molecule has 1 aliphatic heterocycles. The van der Waals surface area contributed by atoms with Crippen LogP contribution >= 0.6 is 0 Å². The highest BCUT2D eigenvalue weighted by atomic mass is 16.2. The van der Waals surface area contributed by atoms with Gasteiger partial charge in [0.15, 0.2) is 0 Å². The Hall–Kier alpha value is -1.06. The van der Waals surface area contributed by atoms with Crippen LogP contribution in [0.2, 0.25) is 0 Å². The van der Waals surface area contributed by atoms with Crippen LogP contribution in [0.15, 0.2) is 0 Å². The van der Waals surface area contributed by atoms with Gasteiger partial charge in [-0.25, -0.2) is 0 Å². The minimum atomic E-state index is 0.0632. The number of hydrogen-bond acceptors (Lipinski definition) is 2. The van der Waals surface area contributed by atoms with Crippen LogP contribution in [0.1, 0.15) is 19.8 Å². The predicted octanol–water partition coefficient (Wildman–Crippen LogP) is 0.0855. The Morgan fingerprint density at radius 2 is 1.69 bits per heavy atom. The zero-order valence-electron chi connectivity index (χ0n) is 8.41. The Morgan fingerprint density at radius 3 is 2.31 bits per heavy atom.